The first-order valence-corrected chi connectivity index (χ1v) is 9.66. The number of carbonyl (C=O) groups is 2. The summed E-state index contributed by atoms with van der Waals surface area (Å²) in [5.41, 5.74) is 4.93. The van der Waals surface area contributed by atoms with Crippen LogP contribution in [0.3, 0.4) is 0 Å². The third kappa shape index (κ3) is 3.56. The second kappa shape index (κ2) is 7.58. The average Bonchev–Trinajstić information content (AvgIpc) is 3.16. The summed E-state index contributed by atoms with van der Waals surface area (Å²) in [7, 11) is 1.58. The van der Waals surface area contributed by atoms with Gasteiger partial charge in [-0.15, -0.1) is 0 Å². The SMILES string of the molecule is COc1ccc2c(c1)C(C(=O)NCCc1nc(C)c3c(n1)CCC3)CC(=O)N2. The molecule has 1 unspecified atom stereocenters. The Morgan fingerprint density at radius 3 is 3.00 bits per heavy atom. The minimum Gasteiger partial charge on any atom is -0.497 e. The van der Waals surface area contributed by atoms with Gasteiger partial charge in [-0.2, -0.15) is 0 Å². The van der Waals surface area contributed by atoms with Gasteiger partial charge in [-0.05, 0) is 55.5 Å². The molecule has 2 aliphatic rings. The lowest BCUT2D eigenvalue weighted by molar-refractivity contribution is -0.126. The number of benzene rings is 1. The highest BCUT2D eigenvalue weighted by atomic mass is 16.5. The van der Waals surface area contributed by atoms with E-state index >= 15 is 0 Å². The Balaban J connectivity index is 1.43. The molecule has 28 heavy (non-hydrogen) atoms. The number of hydrogen-bond donors (Lipinski definition) is 2. The second-order valence-corrected chi connectivity index (χ2v) is 7.30. The summed E-state index contributed by atoms with van der Waals surface area (Å²) in [4.78, 5) is 34.0. The fourth-order valence-corrected chi connectivity index (χ4v) is 4.02. The molecule has 146 valence electrons. The molecule has 7 nitrogen and oxygen atoms in total. The number of nitrogens with zero attached hydrogens (tertiary/aromatic N) is 2. The highest BCUT2D eigenvalue weighted by molar-refractivity contribution is 6.01. The minimum atomic E-state index is -0.526. The summed E-state index contributed by atoms with van der Waals surface area (Å²) in [6, 6.07) is 5.35. The Labute approximate surface area is 163 Å². The average molecular weight is 380 g/mol. The number of nitrogens with one attached hydrogen (secondary N) is 2. The molecule has 1 aromatic heterocycles. The van der Waals surface area contributed by atoms with E-state index in [0.29, 0.717) is 24.4 Å². The zero-order valence-electron chi connectivity index (χ0n) is 16.2. The van der Waals surface area contributed by atoms with Crippen LogP contribution in [0.2, 0.25) is 0 Å². The molecule has 4 rings (SSSR count). The number of anilines is 1. The molecule has 7 heteroatoms. The van der Waals surface area contributed by atoms with E-state index in [1.165, 1.54) is 5.56 Å². The van der Waals surface area contributed by atoms with Gasteiger partial charge in [-0.1, -0.05) is 0 Å². The van der Waals surface area contributed by atoms with E-state index in [1.54, 1.807) is 19.2 Å². The van der Waals surface area contributed by atoms with E-state index in [9.17, 15) is 9.59 Å². The van der Waals surface area contributed by atoms with Gasteiger partial charge in [0.1, 0.15) is 11.6 Å². The monoisotopic (exact) mass is 380 g/mol. The van der Waals surface area contributed by atoms with Crippen molar-refractivity contribution in [3.05, 3.63) is 46.5 Å². The minimum absolute atomic E-state index is 0.125. The Bertz CT molecular complexity index is 941. The molecule has 0 bridgehead atoms. The second-order valence-electron chi connectivity index (χ2n) is 7.30. The summed E-state index contributed by atoms with van der Waals surface area (Å²) in [5.74, 6) is 0.579. The van der Waals surface area contributed by atoms with Gasteiger partial charge in [0.2, 0.25) is 11.8 Å². The van der Waals surface area contributed by atoms with Crippen LogP contribution in [0.1, 0.15) is 47.1 Å². The van der Waals surface area contributed by atoms with Crippen LogP contribution in [0, 0.1) is 6.92 Å². The lowest BCUT2D eigenvalue weighted by atomic mass is 9.89. The van der Waals surface area contributed by atoms with Gasteiger partial charge >= 0.3 is 0 Å². The number of ether oxygens (including phenoxy) is 1. The van der Waals surface area contributed by atoms with Gasteiger partial charge in [0, 0.05) is 36.5 Å². The first-order chi connectivity index (χ1) is 13.5. The van der Waals surface area contributed by atoms with Crippen LogP contribution in [0.4, 0.5) is 5.69 Å². The Kier molecular flexibility index (Phi) is 4.98. The summed E-state index contributed by atoms with van der Waals surface area (Å²) in [6.45, 7) is 2.47. The van der Waals surface area contributed by atoms with Crippen molar-refractivity contribution in [3.63, 3.8) is 0 Å². The van der Waals surface area contributed by atoms with E-state index in [-0.39, 0.29) is 18.2 Å². The molecule has 1 aliphatic heterocycles. The molecule has 0 spiro atoms. The molecule has 2 aromatic rings. The van der Waals surface area contributed by atoms with Crippen LogP contribution in [-0.4, -0.2) is 35.4 Å². The van der Waals surface area contributed by atoms with Crippen molar-refractivity contribution >= 4 is 17.5 Å². The predicted molar refractivity (Wildman–Crippen MR) is 104 cm³/mol. The van der Waals surface area contributed by atoms with Crippen LogP contribution < -0.4 is 15.4 Å². The number of fused-ring (bicyclic) bond motifs is 2. The Hall–Kier alpha value is -2.96. The first kappa shape index (κ1) is 18.4. The Morgan fingerprint density at radius 2 is 2.18 bits per heavy atom. The number of methoxy groups -OCH3 is 1. The van der Waals surface area contributed by atoms with Gasteiger partial charge in [0.25, 0.3) is 0 Å². The normalized spacial score (nSPS) is 17.5. The van der Waals surface area contributed by atoms with E-state index in [4.69, 9.17) is 4.74 Å². The number of carbonyl (C=O) groups excluding carboxylic acids is 2. The van der Waals surface area contributed by atoms with Crippen LogP contribution in [0.5, 0.6) is 5.75 Å². The molecular weight excluding hydrogens is 356 g/mol. The van der Waals surface area contributed by atoms with Crippen molar-refractivity contribution in [2.24, 2.45) is 0 Å². The van der Waals surface area contributed by atoms with E-state index in [0.717, 1.165) is 42.0 Å². The molecule has 1 atom stereocenters. The quantitative estimate of drug-likeness (QED) is 0.828. The lowest BCUT2D eigenvalue weighted by Crippen LogP contribution is -2.36. The maximum absolute atomic E-state index is 12.8. The van der Waals surface area contributed by atoms with E-state index < -0.39 is 5.92 Å². The molecule has 0 saturated carbocycles. The number of aryl methyl sites for hydroxylation is 2. The van der Waals surface area contributed by atoms with Crippen molar-refractivity contribution in [2.45, 2.75) is 44.9 Å². The van der Waals surface area contributed by atoms with Crippen LogP contribution in [0.25, 0.3) is 0 Å². The summed E-state index contributed by atoms with van der Waals surface area (Å²) in [5, 5.41) is 5.76. The number of amides is 2. The van der Waals surface area contributed by atoms with Gasteiger partial charge in [-0.25, -0.2) is 9.97 Å². The third-order valence-electron chi connectivity index (χ3n) is 5.45. The molecular formula is C21H24N4O3. The Morgan fingerprint density at radius 1 is 1.32 bits per heavy atom. The van der Waals surface area contributed by atoms with Crippen LogP contribution in [0.15, 0.2) is 18.2 Å². The van der Waals surface area contributed by atoms with E-state index in [2.05, 4.69) is 20.6 Å². The van der Waals surface area contributed by atoms with Crippen LogP contribution >= 0.6 is 0 Å². The zero-order chi connectivity index (χ0) is 19.7. The van der Waals surface area contributed by atoms with Crippen molar-refractivity contribution < 1.29 is 14.3 Å². The van der Waals surface area contributed by atoms with E-state index in [1.807, 2.05) is 13.0 Å². The van der Waals surface area contributed by atoms with Crippen molar-refractivity contribution in [1.29, 1.82) is 0 Å². The molecule has 1 aliphatic carbocycles. The number of aromatic nitrogens is 2. The molecule has 0 radical (unpaired) electrons. The maximum atomic E-state index is 12.8. The molecule has 2 heterocycles. The maximum Gasteiger partial charge on any atom is 0.228 e. The van der Waals surface area contributed by atoms with Gasteiger partial charge in [-0.3, -0.25) is 9.59 Å². The highest BCUT2D eigenvalue weighted by Gasteiger charge is 2.31. The third-order valence-corrected chi connectivity index (χ3v) is 5.45. The fourth-order valence-electron chi connectivity index (χ4n) is 4.02. The van der Waals surface area contributed by atoms with Crippen LogP contribution in [-0.2, 0) is 28.9 Å². The molecule has 0 saturated heterocycles. The van der Waals surface area contributed by atoms with Crippen molar-refractivity contribution in [2.75, 3.05) is 19.0 Å². The lowest BCUT2D eigenvalue weighted by Gasteiger charge is -2.25. The van der Waals surface area contributed by atoms with Crippen molar-refractivity contribution in [3.8, 4) is 5.75 Å². The van der Waals surface area contributed by atoms with Gasteiger partial charge < -0.3 is 15.4 Å². The van der Waals surface area contributed by atoms with Crippen molar-refractivity contribution in [1.82, 2.24) is 15.3 Å². The smallest absolute Gasteiger partial charge is 0.228 e. The molecule has 0 fully saturated rings. The number of rotatable bonds is 5. The topological polar surface area (TPSA) is 93.2 Å². The summed E-state index contributed by atoms with van der Waals surface area (Å²) in [6.07, 6.45) is 3.90. The largest absolute Gasteiger partial charge is 0.497 e. The first-order valence-electron chi connectivity index (χ1n) is 9.66. The zero-order valence-corrected chi connectivity index (χ0v) is 16.2. The summed E-state index contributed by atoms with van der Waals surface area (Å²) < 4.78 is 5.26. The van der Waals surface area contributed by atoms with Gasteiger partial charge in [0.15, 0.2) is 0 Å². The standard InChI is InChI=1S/C21H24N4O3/c1-12-14-4-3-5-17(14)24-19(23-12)8-9-22-21(27)16-11-20(26)25-18-7-6-13(28-2)10-15(16)18/h6-7,10,16H,3-5,8-9,11H2,1-2H3,(H,22,27)(H,25,26). The molecule has 2 N–H and O–H groups in total. The van der Waals surface area contributed by atoms with Gasteiger partial charge in [0.05, 0.1) is 13.0 Å². The molecule has 1 aromatic carbocycles. The summed E-state index contributed by atoms with van der Waals surface area (Å²) >= 11 is 0. The predicted octanol–water partition coefficient (Wildman–Crippen LogP) is 2.07. The fraction of sp³-hybridized carbons (Fsp3) is 0.429. The highest BCUT2D eigenvalue weighted by Crippen LogP contribution is 2.35. The number of hydrogen-bond acceptors (Lipinski definition) is 5. The molecule has 2 amide bonds.